The van der Waals surface area contributed by atoms with Crippen LogP contribution in [0.4, 0.5) is 0 Å². The van der Waals surface area contributed by atoms with Gasteiger partial charge in [0.15, 0.2) is 0 Å². The highest BCUT2D eigenvalue weighted by molar-refractivity contribution is 7.89. The number of nitriles is 1. The van der Waals surface area contributed by atoms with E-state index in [2.05, 4.69) is 10.8 Å². The maximum atomic E-state index is 12.3. The summed E-state index contributed by atoms with van der Waals surface area (Å²) in [7, 11) is -3.63. The topological polar surface area (TPSA) is 101 Å². The number of rotatable bonds is 7. The predicted molar refractivity (Wildman–Crippen MR) is 108 cm³/mol. The molecule has 0 aliphatic heterocycles. The summed E-state index contributed by atoms with van der Waals surface area (Å²) >= 11 is 0. The Morgan fingerprint density at radius 1 is 1.24 bits per heavy atom. The van der Waals surface area contributed by atoms with E-state index >= 15 is 0 Å². The summed E-state index contributed by atoms with van der Waals surface area (Å²) in [5.41, 5.74) is 2.03. The lowest BCUT2D eigenvalue weighted by molar-refractivity contribution is 0.0472. The van der Waals surface area contributed by atoms with Gasteiger partial charge in [-0.1, -0.05) is 13.0 Å². The number of sulfonamides is 1. The molecule has 29 heavy (non-hydrogen) atoms. The van der Waals surface area contributed by atoms with Gasteiger partial charge in [0, 0.05) is 24.0 Å². The number of fused-ring (bicyclic) bond motifs is 1. The third-order valence-corrected chi connectivity index (χ3v) is 6.21. The highest BCUT2D eigenvalue weighted by Gasteiger charge is 2.18. The van der Waals surface area contributed by atoms with Crippen molar-refractivity contribution in [2.24, 2.45) is 0 Å². The molecule has 0 saturated heterocycles. The molecule has 3 aromatic rings. The Labute approximate surface area is 169 Å². The summed E-state index contributed by atoms with van der Waals surface area (Å²) in [5, 5.41) is 9.41. The molecule has 7 nitrogen and oxygen atoms in total. The molecule has 1 unspecified atom stereocenters. The molecule has 8 heteroatoms. The number of carbonyl (C=O) groups is 1. The fourth-order valence-electron chi connectivity index (χ4n) is 2.83. The quantitative estimate of drug-likeness (QED) is 0.602. The van der Waals surface area contributed by atoms with Gasteiger partial charge in [0.25, 0.3) is 0 Å². The second kappa shape index (κ2) is 8.47. The first kappa shape index (κ1) is 20.6. The minimum absolute atomic E-state index is 0.0565. The Morgan fingerprint density at radius 2 is 1.97 bits per heavy atom. The van der Waals surface area contributed by atoms with Crippen molar-refractivity contribution in [3.05, 3.63) is 71.5 Å². The van der Waals surface area contributed by atoms with E-state index in [4.69, 9.17) is 4.74 Å². The SMILES string of the molecule is CCC(C)NS(=O)(=O)c1ccc(C(=O)OCc2cn3ccccc3c2C#N)cc1. The summed E-state index contributed by atoms with van der Waals surface area (Å²) in [6.07, 6.45) is 4.23. The van der Waals surface area contributed by atoms with Crippen LogP contribution in [-0.2, 0) is 21.4 Å². The molecule has 1 aromatic carbocycles. The lowest BCUT2D eigenvalue weighted by Gasteiger charge is -2.12. The number of esters is 1. The first-order chi connectivity index (χ1) is 13.9. The molecule has 0 spiro atoms. The number of hydrogen-bond acceptors (Lipinski definition) is 5. The fourth-order valence-corrected chi connectivity index (χ4v) is 4.16. The van der Waals surface area contributed by atoms with E-state index in [1.165, 1.54) is 24.3 Å². The summed E-state index contributed by atoms with van der Waals surface area (Å²) in [6, 6.07) is 13.0. The maximum Gasteiger partial charge on any atom is 0.338 e. The zero-order valence-corrected chi connectivity index (χ0v) is 16.9. The largest absolute Gasteiger partial charge is 0.457 e. The Bertz CT molecular complexity index is 1170. The maximum absolute atomic E-state index is 12.3. The number of nitrogens with one attached hydrogen (secondary N) is 1. The van der Waals surface area contributed by atoms with Crippen LogP contribution in [0.5, 0.6) is 0 Å². The van der Waals surface area contributed by atoms with E-state index in [1.54, 1.807) is 17.5 Å². The number of pyridine rings is 1. The normalized spacial score (nSPS) is 12.4. The van der Waals surface area contributed by atoms with Crippen molar-refractivity contribution < 1.29 is 17.9 Å². The molecule has 0 aliphatic rings. The van der Waals surface area contributed by atoms with Gasteiger partial charge in [0.1, 0.15) is 12.7 Å². The number of nitrogens with zero attached hydrogens (tertiary/aromatic N) is 2. The number of carbonyl (C=O) groups excluding carboxylic acids is 1. The Hall–Kier alpha value is -3.15. The minimum atomic E-state index is -3.63. The molecule has 2 heterocycles. The van der Waals surface area contributed by atoms with Crippen molar-refractivity contribution in [2.75, 3.05) is 0 Å². The van der Waals surface area contributed by atoms with Crippen molar-refractivity contribution >= 4 is 21.5 Å². The Balaban J connectivity index is 1.71. The number of benzene rings is 1. The van der Waals surface area contributed by atoms with Gasteiger partial charge in [-0.15, -0.1) is 0 Å². The summed E-state index contributed by atoms with van der Waals surface area (Å²) in [6.45, 7) is 3.61. The first-order valence-electron chi connectivity index (χ1n) is 9.14. The van der Waals surface area contributed by atoms with Crippen molar-refractivity contribution in [3.8, 4) is 6.07 Å². The lowest BCUT2D eigenvalue weighted by Crippen LogP contribution is -2.32. The molecule has 0 saturated carbocycles. The minimum Gasteiger partial charge on any atom is -0.457 e. The molecule has 1 atom stereocenters. The van der Waals surface area contributed by atoms with E-state index in [1.807, 2.05) is 31.3 Å². The van der Waals surface area contributed by atoms with Crippen molar-refractivity contribution in [2.45, 2.75) is 37.8 Å². The lowest BCUT2D eigenvalue weighted by atomic mass is 10.2. The molecule has 0 bridgehead atoms. The van der Waals surface area contributed by atoms with Crippen LogP contribution in [0.3, 0.4) is 0 Å². The second-order valence-electron chi connectivity index (χ2n) is 6.67. The number of ether oxygens (including phenoxy) is 1. The zero-order chi connectivity index (χ0) is 21.0. The Kier molecular flexibility index (Phi) is 6.01. The second-order valence-corrected chi connectivity index (χ2v) is 8.38. The van der Waals surface area contributed by atoms with Crippen LogP contribution in [0.25, 0.3) is 5.52 Å². The van der Waals surface area contributed by atoms with Crippen LogP contribution >= 0.6 is 0 Å². The van der Waals surface area contributed by atoms with E-state index in [0.29, 0.717) is 17.5 Å². The summed E-state index contributed by atoms with van der Waals surface area (Å²) in [5.74, 6) is -0.594. The predicted octanol–water partition coefficient (Wildman–Crippen LogP) is 3.24. The molecule has 0 amide bonds. The number of hydrogen-bond donors (Lipinski definition) is 1. The van der Waals surface area contributed by atoms with Gasteiger partial charge in [-0.3, -0.25) is 0 Å². The molecule has 0 aliphatic carbocycles. The summed E-state index contributed by atoms with van der Waals surface area (Å²) in [4.78, 5) is 12.4. The van der Waals surface area contributed by atoms with Crippen LogP contribution < -0.4 is 4.72 Å². The first-order valence-corrected chi connectivity index (χ1v) is 10.6. The standard InChI is InChI=1S/C21H21N3O4S/c1-3-15(2)23-29(26,27)18-9-7-16(8-10-18)21(25)28-14-17-13-24-11-5-4-6-20(24)19(17)12-22/h4-11,13,15,23H,3,14H2,1-2H3. The van der Waals surface area contributed by atoms with E-state index < -0.39 is 16.0 Å². The Morgan fingerprint density at radius 3 is 2.62 bits per heavy atom. The molecule has 150 valence electrons. The van der Waals surface area contributed by atoms with Crippen LogP contribution in [0.1, 0.15) is 41.8 Å². The molecular weight excluding hydrogens is 390 g/mol. The summed E-state index contributed by atoms with van der Waals surface area (Å²) < 4.78 is 34.3. The zero-order valence-electron chi connectivity index (χ0n) is 16.1. The third kappa shape index (κ3) is 4.47. The van der Waals surface area contributed by atoms with Gasteiger partial charge in [0.2, 0.25) is 10.0 Å². The van der Waals surface area contributed by atoms with Gasteiger partial charge in [-0.05, 0) is 49.7 Å². The van der Waals surface area contributed by atoms with Gasteiger partial charge >= 0.3 is 5.97 Å². The van der Waals surface area contributed by atoms with Crippen LogP contribution in [0.15, 0.2) is 59.8 Å². The average Bonchev–Trinajstić information content (AvgIpc) is 3.09. The smallest absolute Gasteiger partial charge is 0.338 e. The van der Waals surface area contributed by atoms with Crippen LogP contribution in [0, 0.1) is 11.3 Å². The highest BCUT2D eigenvalue weighted by Crippen LogP contribution is 2.19. The third-order valence-electron chi connectivity index (χ3n) is 4.60. The van der Waals surface area contributed by atoms with Crippen LogP contribution in [-0.4, -0.2) is 24.8 Å². The van der Waals surface area contributed by atoms with Crippen molar-refractivity contribution in [1.29, 1.82) is 5.26 Å². The molecular formula is C21H21N3O4S. The monoisotopic (exact) mass is 411 g/mol. The van der Waals surface area contributed by atoms with Crippen molar-refractivity contribution in [1.82, 2.24) is 9.12 Å². The van der Waals surface area contributed by atoms with E-state index in [0.717, 1.165) is 5.52 Å². The number of aromatic nitrogens is 1. The molecule has 1 N–H and O–H groups in total. The van der Waals surface area contributed by atoms with Crippen LogP contribution in [0.2, 0.25) is 0 Å². The molecule has 3 rings (SSSR count). The van der Waals surface area contributed by atoms with Gasteiger partial charge in [-0.25, -0.2) is 17.9 Å². The molecule has 2 aromatic heterocycles. The highest BCUT2D eigenvalue weighted by atomic mass is 32.2. The van der Waals surface area contributed by atoms with E-state index in [9.17, 15) is 18.5 Å². The average molecular weight is 411 g/mol. The fraction of sp³-hybridized carbons (Fsp3) is 0.238. The molecule has 0 radical (unpaired) electrons. The molecule has 0 fully saturated rings. The van der Waals surface area contributed by atoms with Gasteiger partial charge < -0.3 is 9.14 Å². The van der Waals surface area contributed by atoms with Crippen molar-refractivity contribution in [3.63, 3.8) is 0 Å². The van der Waals surface area contributed by atoms with Gasteiger partial charge in [0.05, 0.1) is 21.5 Å². The van der Waals surface area contributed by atoms with Gasteiger partial charge in [-0.2, -0.15) is 5.26 Å². The van der Waals surface area contributed by atoms with E-state index in [-0.39, 0.29) is 23.1 Å².